The molecule has 2 aliphatic rings. The summed E-state index contributed by atoms with van der Waals surface area (Å²) in [5.74, 6) is 3.11. The van der Waals surface area contributed by atoms with Gasteiger partial charge < -0.3 is 4.74 Å². The van der Waals surface area contributed by atoms with Crippen LogP contribution in [0.1, 0.15) is 33.6 Å². The van der Waals surface area contributed by atoms with Gasteiger partial charge in [-0.2, -0.15) is 0 Å². The third kappa shape index (κ3) is 1.55. The Kier molecular flexibility index (Phi) is 2.54. The van der Waals surface area contributed by atoms with Crippen molar-refractivity contribution in [2.75, 3.05) is 6.61 Å². The molecule has 0 spiro atoms. The lowest BCUT2D eigenvalue weighted by Gasteiger charge is -2.22. The predicted molar refractivity (Wildman–Crippen MR) is 54.7 cm³/mol. The maximum atomic E-state index is 11.6. The van der Waals surface area contributed by atoms with Crippen molar-refractivity contribution in [3.63, 3.8) is 0 Å². The molecule has 0 bridgehead atoms. The van der Waals surface area contributed by atoms with E-state index in [4.69, 9.17) is 4.74 Å². The Morgan fingerprint density at radius 2 is 2.07 bits per heavy atom. The summed E-state index contributed by atoms with van der Waals surface area (Å²) < 4.78 is 5.10. The van der Waals surface area contributed by atoms with E-state index in [0.717, 1.165) is 11.8 Å². The van der Waals surface area contributed by atoms with E-state index in [0.29, 0.717) is 18.4 Å². The first kappa shape index (κ1) is 10.0. The van der Waals surface area contributed by atoms with Gasteiger partial charge in [0, 0.05) is 0 Å². The summed E-state index contributed by atoms with van der Waals surface area (Å²) in [5, 5.41) is 0. The molecular formula is C12H20O2. The van der Waals surface area contributed by atoms with Crippen LogP contribution in [0.5, 0.6) is 0 Å². The zero-order chi connectivity index (χ0) is 10.3. The van der Waals surface area contributed by atoms with Crippen molar-refractivity contribution in [3.8, 4) is 0 Å². The number of rotatable bonds is 2. The largest absolute Gasteiger partial charge is 0.466 e. The number of carbonyl (C=O) groups excluding carboxylic acids is 1. The molecule has 0 aromatic carbocycles. The van der Waals surface area contributed by atoms with Gasteiger partial charge in [0.15, 0.2) is 0 Å². The predicted octanol–water partition coefficient (Wildman–Crippen LogP) is 2.48. The smallest absolute Gasteiger partial charge is 0.309 e. The van der Waals surface area contributed by atoms with Gasteiger partial charge in [0.1, 0.15) is 0 Å². The average molecular weight is 196 g/mol. The molecule has 2 fully saturated rings. The minimum Gasteiger partial charge on any atom is -0.466 e. The van der Waals surface area contributed by atoms with Crippen molar-refractivity contribution >= 4 is 5.97 Å². The molecule has 2 saturated carbocycles. The highest BCUT2D eigenvalue weighted by atomic mass is 16.5. The second-order valence-corrected chi connectivity index (χ2v) is 5.07. The van der Waals surface area contributed by atoms with Crippen LogP contribution in [-0.2, 0) is 9.53 Å². The third-order valence-corrected chi connectivity index (χ3v) is 3.89. The Labute approximate surface area is 86.0 Å². The van der Waals surface area contributed by atoms with E-state index in [1.807, 2.05) is 6.92 Å². The van der Waals surface area contributed by atoms with Crippen LogP contribution in [0.25, 0.3) is 0 Å². The summed E-state index contributed by atoms with van der Waals surface area (Å²) >= 11 is 0. The molecule has 0 aliphatic heterocycles. The highest BCUT2D eigenvalue weighted by Crippen LogP contribution is 2.59. The molecular weight excluding hydrogens is 176 g/mol. The summed E-state index contributed by atoms with van der Waals surface area (Å²) in [5.41, 5.74) is 0. The second kappa shape index (κ2) is 3.56. The van der Waals surface area contributed by atoms with Gasteiger partial charge in [-0.25, -0.2) is 0 Å². The van der Waals surface area contributed by atoms with E-state index in [9.17, 15) is 4.79 Å². The van der Waals surface area contributed by atoms with Crippen molar-refractivity contribution in [1.82, 2.24) is 0 Å². The van der Waals surface area contributed by atoms with Crippen molar-refractivity contribution in [2.45, 2.75) is 33.6 Å². The minimum absolute atomic E-state index is 0.0588. The highest BCUT2D eigenvalue weighted by Gasteiger charge is 2.59. The Hall–Kier alpha value is -0.530. The Morgan fingerprint density at radius 1 is 1.36 bits per heavy atom. The van der Waals surface area contributed by atoms with Crippen molar-refractivity contribution in [3.05, 3.63) is 0 Å². The van der Waals surface area contributed by atoms with Gasteiger partial charge in [0.05, 0.1) is 12.5 Å². The van der Waals surface area contributed by atoms with Crippen LogP contribution >= 0.6 is 0 Å². The zero-order valence-electron chi connectivity index (χ0n) is 9.32. The Bertz CT molecular complexity index is 236. The SMILES string of the molecule is CCOC(=O)C1[C@H]2C(C)CC(C)C[C@H]12. The molecule has 0 N–H and O–H groups in total. The monoisotopic (exact) mass is 196 g/mol. The van der Waals surface area contributed by atoms with Gasteiger partial charge in [-0.3, -0.25) is 4.79 Å². The van der Waals surface area contributed by atoms with Crippen LogP contribution in [0.15, 0.2) is 0 Å². The van der Waals surface area contributed by atoms with Gasteiger partial charge in [0.25, 0.3) is 0 Å². The van der Waals surface area contributed by atoms with Crippen LogP contribution < -0.4 is 0 Å². The first-order valence-electron chi connectivity index (χ1n) is 5.81. The van der Waals surface area contributed by atoms with E-state index in [1.54, 1.807) is 0 Å². The molecule has 3 unspecified atom stereocenters. The highest BCUT2D eigenvalue weighted by molar-refractivity contribution is 5.76. The van der Waals surface area contributed by atoms with Crippen LogP contribution in [-0.4, -0.2) is 12.6 Å². The quantitative estimate of drug-likeness (QED) is 0.634. The number of ether oxygens (including phenoxy) is 1. The van der Waals surface area contributed by atoms with Crippen LogP contribution in [0, 0.1) is 29.6 Å². The van der Waals surface area contributed by atoms with E-state index in [2.05, 4.69) is 13.8 Å². The van der Waals surface area contributed by atoms with Gasteiger partial charge in [-0.1, -0.05) is 13.8 Å². The zero-order valence-corrected chi connectivity index (χ0v) is 9.32. The molecule has 80 valence electrons. The van der Waals surface area contributed by atoms with Crippen molar-refractivity contribution < 1.29 is 9.53 Å². The van der Waals surface area contributed by atoms with Gasteiger partial charge in [-0.05, 0) is 43.4 Å². The van der Waals surface area contributed by atoms with Crippen LogP contribution in [0.3, 0.4) is 0 Å². The maximum absolute atomic E-state index is 11.6. The standard InChI is InChI=1S/C12H20O2/c1-4-14-12(13)11-9-6-7(2)5-8(3)10(9)11/h7-11H,4-6H2,1-3H3/t7?,8?,9-,10-,11?/m0/s1. The number of hydrogen-bond acceptors (Lipinski definition) is 2. The molecule has 0 aromatic heterocycles. The molecule has 2 aliphatic carbocycles. The Morgan fingerprint density at radius 3 is 2.71 bits per heavy atom. The second-order valence-electron chi connectivity index (χ2n) is 5.07. The summed E-state index contributed by atoms with van der Waals surface area (Å²) in [6.45, 7) is 6.99. The molecule has 2 nitrogen and oxygen atoms in total. The fourth-order valence-electron chi connectivity index (χ4n) is 3.40. The van der Waals surface area contributed by atoms with E-state index < -0.39 is 0 Å². The van der Waals surface area contributed by atoms with E-state index in [-0.39, 0.29) is 11.9 Å². The van der Waals surface area contributed by atoms with Gasteiger partial charge in [-0.15, -0.1) is 0 Å². The summed E-state index contributed by atoms with van der Waals surface area (Å²) in [6.07, 6.45) is 2.52. The molecule has 2 rings (SSSR count). The van der Waals surface area contributed by atoms with Gasteiger partial charge >= 0.3 is 5.97 Å². The molecule has 0 radical (unpaired) electrons. The summed E-state index contributed by atoms with van der Waals surface area (Å²) in [4.78, 5) is 11.6. The topological polar surface area (TPSA) is 26.3 Å². The molecule has 2 heteroatoms. The Balaban J connectivity index is 1.96. The average Bonchev–Trinajstić information content (AvgIpc) is 2.78. The molecule has 5 atom stereocenters. The lowest BCUT2D eigenvalue weighted by molar-refractivity contribution is -0.145. The summed E-state index contributed by atoms with van der Waals surface area (Å²) in [7, 11) is 0. The first-order chi connectivity index (χ1) is 6.65. The van der Waals surface area contributed by atoms with E-state index >= 15 is 0 Å². The van der Waals surface area contributed by atoms with Gasteiger partial charge in [0.2, 0.25) is 0 Å². The normalized spacial score (nSPS) is 45.5. The number of fused-ring (bicyclic) bond motifs is 1. The summed E-state index contributed by atoms with van der Waals surface area (Å²) in [6, 6.07) is 0. The van der Waals surface area contributed by atoms with Crippen LogP contribution in [0.4, 0.5) is 0 Å². The molecule has 0 amide bonds. The fourth-order valence-corrected chi connectivity index (χ4v) is 3.40. The maximum Gasteiger partial charge on any atom is 0.309 e. The first-order valence-corrected chi connectivity index (χ1v) is 5.81. The van der Waals surface area contributed by atoms with Crippen LogP contribution in [0.2, 0.25) is 0 Å². The number of esters is 1. The lowest BCUT2D eigenvalue weighted by atomic mass is 9.84. The van der Waals surface area contributed by atoms with E-state index in [1.165, 1.54) is 12.8 Å². The molecule has 0 heterocycles. The van der Waals surface area contributed by atoms with Crippen molar-refractivity contribution in [2.24, 2.45) is 29.6 Å². The number of hydrogen-bond donors (Lipinski definition) is 0. The molecule has 0 aromatic rings. The minimum atomic E-state index is 0.0588. The fraction of sp³-hybridized carbons (Fsp3) is 0.917. The number of carbonyl (C=O) groups is 1. The lowest BCUT2D eigenvalue weighted by Crippen LogP contribution is -2.13. The third-order valence-electron chi connectivity index (χ3n) is 3.89. The van der Waals surface area contributed by atoms with Crippen molar-refractivity contribution in [1.29, 1.82) is 0 Å². The molecule has 14 heavy (non-hydrogen) atoms. The molecule has 0 saturated heterocycles.